The number of fused-ring (bicyclic) bond motifs is 1. The maximum absolute atomic E-state index is 14.6. The summed E-state index contributed by atoms with van der Waals surface area (Å²) in [6, 6.07) is 37.1. The molecule has 0 spiro atoms. The van der Waals surface area contributed by atoms with Crippen LogP contribution in [0.2, 0.25) is 0 Å². The van der Waals surface area contributed by atoms with Gasteiger partial charge in [-0.05, 0) is 65.8 Å². The third-order valence-electron chi connectivity index (χ3n) is 9.25. The number of anilines is 1. The smallest absolute Gasteiger partial charge is 0.318 e. The molecule has 1 aliphatic heterocycles. The SMILES string of the molecule is CN(c1cccc(C(C2CC2)C2C(=O)OC(Cc3ccccc3)(Cc3ccccc3)C2=O)c1)S(=O)(=O)c1ccc2ccccc2n1. The van der Waals surface area contributed by atoms with Gasteiger partial charge in [0, 0.05) is 31.2 Å². The number of para-hydroxylation sites is 1. The van der Waals surface area contributed by atoms with Gasteiger partial charge in [0.1, 0.15) is 5.92 Å². The fourth-order valence-corrected chi connectivity index (χ4v) is 7.88. The molecule has 0 amide bonds. The van der Waals surface area contributed by atoms with Gasteiger partial charge < -0.3 is 4.74 Å². The summed E-state index contributed by atoms with van der Waals surface area (Å²) in [5, 5.41) is 0.793. The van der Waals surface area contributed by atoms with Crippen molar-refractivity contribution in [3.8, 4) is 0 Å². The van der Waals surface area contributed by atoms with E-state index in [1.807, 2.05) is 84.9 Å². The lowest BCUT2D eigenvalue weighted by Crippen LogP contribution is -2.43. The number of esters is 1. The van der Waals surface area contributed by atoms with Crippen molar-refractivity contribution < 1.29 is 22.7 Å². The summed E-state index contributed by atoms with van der Waals surface area (Å²) in [6.07, 6.45) is 2.32. The largest absolute Gasteiger partial charge is 0.450 e. The molecule has 0 N–H and O–H groups in total. The van der Waals surface area contributed by atoms with E-state index in [1.54, 1.807) is 30.3 Å². The molecule has 7 rings (SSSR count). The van der Waals surface area contributed by atoms with Crippen LogP contribution in [0, 0.1) is 11.8 Å². The third kappa shape index (κ3) is 5.58. The summed E-state index contributed by atoms with van der Waals surface area (Å²) in [7, 11) is -2.50. The molecule has 7 nitrogen and oxygen atoms in total. The Morgan fingerprint density at radius 3 is 2.09 bits per heavy atom. The number of ether oxygens (including phenoxy) is 1. The number of ketones is 1. The minimum absolute atomic E-state index is 0.0565. The molecule has 1 saturated carbocycles. The van der Waals surface area contributed by atoms with Crippen LogP contribution in [0.4, 0.5) is 5.69 Å². The van der Waals surface area contributed by atoms with Gasteiger partial charge in [-0.2, -0.15) is 8.42 Å². The molecule has 232 valence electrons. The van der Waals surface area contributed by atoms with Crippen LogP contribution in [0.1, 0.15) is 35.4 Å². The number of carbonyl (C=O) groups excluding carboxylic acids is 2. The normalized spacial score (nSPS) is 18.3. The number of sulfonamides is 1. The predicted octanol–water partition coefficient (Wildman–Crippen LogP) is 6.52. The highest BCUT2D eigenvalue weighted by Gasteiger charge is 2.59. The van der Waals surface area contributed by atoms with Crippen molar-refractivity contribution in [2.75, 3.05) is 11.4 Å². The van der Waals surface area contributed by atoms with Crippen LogP contribution in [0.3, 0.4) is 0 Å². The van der Waals surface area contributed by atoms with Crippen LogP contribution >= 0.6 is 0 Å². The average Bonchev–Trinajstić information content (AvgIpc) is 3.89. The highest BCUT2D eigenvalue weighted by molar-refractivity contribution is 7.92. The maximum atomic E-state index is 14.6. The number of pyridine rings is 1. The van der Waals surface area contributed by atoms with E-state index in [0.717, 1.165) is 34.9 Å². The number of hydrogen-bond acceptors (Lipinski definition) is 6. The van der Waals surface area contributed by atoms with Gasteiger partial charge in [0.2, 0.25) is 0 Å². The van der Waals surface area contributed by atoms with Gasteiger partial charge in [0.15, 0.2) is 16.4 Å². The van der Waals surface area contributed by atoms with Crippen LogP contribution in [0.15, 0.2) is 126 Å². The van der Waals surface area contributed by atoms with Gasteiger partial charge in [0.05, 0.1) is 11.2 Å². The summed E-state index contributed by atoms with van der Waals surface area (Å²) in [6.45, 7) is 0. The van der Waals surface area contributed by atoms with Crippen LogP contribution in [-0.2, 0) is 37.2 Å². The van der Waals surface area contributed by atoms with E-state index in [-0.39, 0.29) is 29.6 Å². The van der Waals surface area contributed by atoms with Crippen molar-refractivity contribution in [2.24, 2.45) is 11.8 Å². The quantitative estimate of drug-likeness (QED) is 0.129. The van der Waals surface area contributed by atoms with Crippen LogP contribution < -0.4 is 4.31 Å². The topological polar surface area (TPSA) is 93.6 Å². The zero-order valence-corrected chi connectivity index (χ0v) is 26.3. The van der Waals surface area contributed by atoms with Crippen molar-refractivity contribution in [1.82, 2.24) is 4.98 Å². The fraction of sp³-hybridized carbons (Fsp3) is 0.237. The standard InChI is InChI=1S/C38H34N2O5S/c1-40(46(43,44)33-22-21-28-15-8-9-18-32(28)39-33)31-17-10-16-30(23-31)34(29-19-20-29)35-36(41)38(45-37(35)42,24-26-11-4-2-5-12-26)25-27-13-6-3-7-14-27/h2-18,21-23,29,34-35H,19-20,24-25H2,1H3. The molecule has 0 bridgehead atoms. The van der Waals surface area contributed by atoms with E-state index in [4.69, 9.17) is 4.74 Å². The molecule has 2 unspecified atom stereocenters. The van der Waals surface area contributed by atoms with Crippen molar-refractivity contribution in [2.45, 2.75) is 42.2 Å². The van der Waals surface area contributed by atoms with Gasteiger partial charge in [-0.25, -0.2) is 4.98 Å². The van der Waals surface area contributed by atoms with Crippen molar-refractivity contribution in [3.05, 3.63) is 138 Å². The fourth-order valence-electron chi connectivity index (χ4n) is 6.76. The molecule has 2 heterocycles. The van der Waals surface area contributed by atoms with Gasteiger partial charge in [-0.1, -0.05) is 91.0 Å². The Hall–Kier alpha value is -4.82. The Balaban J connectivity index is 1.23. The molecule has 8 heteroatoms. The second-order valence-electron chi connectivity index (χ2n) is 12.4. The zero-order chi connectivity index (χ0) is 31.9. The Labute approximate surface area is 268 Å². The predicted molar refractivity (Wildman–Crippen MR) is 177 cm³/mol. The highest BCUT2D eigenvalue weighted by atomic mass is 32.2. The Bertz CT molecular complexity index is 1990. The third-order valence-corrected chi connectivity index (χ3v) is 10.9. The number of nitrogens with zero attached hydrogens (tertiary/aromatic N) is 2. The van der Waals surface area contributed by atoms with E-state index in [2.05, 4.69) is 4.98 Å². The van der Waals surface area contributed by atoms with E-state index in [0.29, 0.717) is 11.2 Å². The first-order chi connectivity index (χ1) is 22.2. The van der Waals surface area contributed by atoms with Gasteiger partial charge in [-0.3, -0.25) is 13.9 Å². The number of hydrogen-bond donors (Lipinski definition) is 0. The number of cyclic esters (lactones) is 1. The number of rotatable bonds is 10. The van der Waals surface area contributed by atoms with Gasteiger partial charge in [0.25, 0.3) is 10.0 Å². The molecule has 0 radical (unpaired) electrons. The molecule has 2 fully saturated rings. The number of carbonyl (C=O) groups is 2. The molecule has 1 aliphatic carbocycles. The van der Waals surface area contributed by atoms with Gasteiger partial charge >= 0.3 is 5.97 Å². The lowest BCUT2D eigenvalue weighted by atomic mass is 9.74. The van der Waals surface area contributed by atoms with Crippen LogP contribution in [-0.4, -0.2) is 37.8 Å². The molecular formula is C38H34N2O5S. The molecule has 1 aromatic heterocycles. The molecular weight excluding hydrogens is 596 g/mol. The Kier molecular flexibility index (Phi) is 7.69. The zero-order valence-electron chi connectivity index (χ0n) is 25.5. The van der Waals surface area contributed by atoms with Crippen LogP contribution in [0.5, 0.6) is 0 Å². The molecule has 2 atom stereocenters. The first kappa shape index (κ1) is 29.9. The van der Waals surface area contributed by atoms with Crippen molar-refractivity contribution in [3.63, 3.8) is 0 Å². The summed E-state index contributed by atoms with van der Waals surface area (Å²) < 4.78 is 34.9. The monoisotopic (exact) mass is 630 g/mol. The van der Waals surface area contributed by atoms with Crippen molar-refractivity contribution >= 4 is 38.4 Å². The molecule has 4 aromatic carbocycles. The highest BCUT2D eigenvalue weighted by Crippen LogP contribution is 2.51. The van der Waals surface area contributed by atoms with E-state index >= 15 is 0 Å². The maximum Gasteiger partial charge on any atom is 0.318 e. The minimum atomic E-state index is -4.00. The second kappa shape index (κ2) is 11.8. The summed E-state index contributed by atoms with van der Waals surface area (Å²) >= 11 is 0. The number of Topliss-reactive ketones (excluding diaryl/α,β-unsaturated/α-hetero) is 1. The van der Waals surface area contributed by atoms with Gasteiger partial charge in [-0.15, -0.1) is 0 Å². The molecule has 2 aliphatic rings. The summed E-state index contributed by atoms with van der Waals surface area (Å²) in [4.78, 5) is 32.9. The molecule has 1 saturated heterocycles. The van der Waals surface area contributed by atoms with E-state index in [1.165, 1.54) is 17.4 Å². The molecule has 46 heavy (non-hydrogen) atoms. The van der Waals surface area contributed by atoms with E-state index < -0.39 is 33.4 Å². The Morgan fingerprint density at radius 2 is 1.43 bits per heavy atom. The summed E-state index contributed by atoms with van der Waals surface area (Å²) in [5.74, 6) is -2.03. The lowest BCUT2D eigenvalue weighted by Gasteiger charge is -2.28. The molecule has 5 aromatic rings. The Morgan fingerprint density at radius 1 is 0.804 bits per heavy atom. The minimum Gasteiger partial charge on any atom is -0.450 e. The van der Waals surface area contributed by atoms with Crippen molar-refractivity contribution in [1.29, 1.82) is 0 Å². The number of benzene rings is 4. The summed E-state index contributed by atoms with van der Waals surface area (Å²) in [5.41, 5.74) is 2.26. The lowest BCUT2D eigenvalue weighted by molar-refractivity contribution is -0.152. The second-order valence-corrected chi connectivity index (χ2v) is 14.3. The first-order valence-corrected chi connectivity index (χ1v) is 17.0. The van der Waals surface area contributed by atoms with Crippen LogP contribution in [0.25, 0.3) is 10.9 Å². The number of aromatic nitrogens is 1. The van der Waals surface area contributed by atoms with E-state index in [9.17, 15) is 18.0 Å². The average molecular weight is 631 g/mol. The first-order valence-electron chi connectivity index (χ1n) is 15.5.